The molecule has 0 fully saturated rings. The maximum absolute atomic E-state index is 14.4. The van der Waals surface area contributed by atoms with Crippen LogP contribution < -0.4 is 16.0 Å². The molecule has 1 atom stereocenters. The lowest BCUT2D eigenvalue weighted by Gasteiger charge is -2.34. The van der Waals surface area contributed by atoms with E-state index in [2.05, 4.69) is 20.9 Å². The van der Waals surface area contributed by atoms with Crippen molar-refractivity contribution in [2.24, 2.45) is 0 Å². The molecule has 2 N–H and O–H groups in total. The average molecular weight is 426 g/mol. The van der Waals surface area contributed by atoms with Crippen molar-refractivity contribution in [2.75, 3.05) is 11.6 Å². The van der Waals surface area contributed by atoms with Crippen LogP contribution in [-0.4, -0.2) is 33.4 Å². The Kier molecular flexibility index (Phi) is 4.80. The molecule has 12 heteroatoms. The number of nitrogens with zero attached hydrogens (tertiary/aromatic N) is 4. The van der Waals surface area contributed by atoms with E-state index in [0.717, 1.165) is 24.5 Å². The van der Waals surface area contributed by atoms with E-state index in [0.29, 0.717) is 17.5 Å². The number of carbonyl (C=O) groups is 1. The highest BCUT2D eigenvalue weighted by Gasteiger charge is 2.40. The van der Waals surface area contributed by atoms with Crippen molar-refractivity contribution in [3.8, 4) is 0 Å². The van der Waals surface area contributed by atoms with E-state index in [9.17, 15) is 26.7 Å². The first kappa shape index (κ1) is 20.0. The number of hydrogen-bond acceptors (Lipinski definition) is 6. The van der Waals surface area contributed by atoms with Crippen LogP contribution in [0.5, 0.6) is 0 Å². The summed E-state index contributed by atoms with van der Waals surface area (Å²) in [6.45, 7) is 1.77. The Labute approximate surface area is 167 Å². The summed E-state index contributed by atoms with van der Waals surface area (Å²) >= 11 is 0. The van der Waals surface area contributed by atoms with Crippen LogP contribution in [0, 0.1) is 11.6 Å². The van der Waals surface area contributed by atoms with Gasteiger partial charge in [-0.3, -0.25) is 4.79 Å². The molecule has 1 aromatic heterocycles. The summed E-state index contributed by atoms with van der Waals surface area (Å²) in [7, 11) is 0. The largest absolute Gasteiger partial charge is 0.419 e. The van der Waals surface area contributed by atoms with Gasteiger partial charge in [0.25, 0.3) is 5.91 Å². The minimum Gasteiger partial charge on any atom is -0.330 e. The van der Waals surface area contributed by atoms with E-state index >= 15 is 0 Å². The Balaban J connectivity index is 1.61. The number of rotatable bonds is 2. The molecule has 30 heavy (non-hydrogen) atoms. The van der Waals surface area contributed by atoms with Gasteiger partial charge in [0.2, 0.25) is 5.95 Å². The second kappa shape index (κ2) is 7.20. The van der Waals surface area contributed by atoms with Crippen molar-refractivity contribution >= 4 is 11.9 Å². The van der Waals surface area contributed by atoms with Gasteiger partial charge in [-0.1, -0.05) is 6.07 Å². The van der Waals surface area contributed by atoms with Crippen LogP contribution in [0.2, 0.25) is 0 Å². The van der Waals surface area contributed by atoms with Gasteiger partial charge in [0.1, 0.15) is 5.82 Å². The predicted octanol–water partition coefficient (Wildman–Crippen LogP) is 2.75. The number of anilines is 1. The van der Waals surface area contributed by atoms with Crippen LogP contribution in [0.15, 0.2) is 42.0 Å². The Hall–Kier alpha value is -3.28. The standard InChI is InChI=1S/C18H15F5N6O/c1-9-15-13(29(27-26-15)17-24-7-10(19)8-25-17)5-6-28(9)16(30)11-3-2-4-12(14(11)20)18(21,22)23/h2-4,7-9,26-27H,5-6H2,1H3. The van der Waals surface area contributed by atoms with Gasteiger partial charge >= 0.3 is 6.18 Å². The molecule has 0 saturated heterocycles. The second-order valence-electron chi connectivity index (χ2n) is 6.72. The fourth-order valence-electron chi connectivity index (χ4n) is 3.48. The molecular weight excluding hydrogens is 411 g/mol. The van der Waals surface area contributed by atoms with Crippen LogP contribution in [-0.2, 0) is 6.18 Å². The Morgan fingerprint density at radius 1 is 1.20 bits per heavy atom. The summed E-state index contributed by atoms with van der Waals surface area (Å²) in [4.78, 5) is 21.9. The maximum atomic E-state index is 14.4. The minimum atomic E-state index is -4.91. The van der Waals surface area contributed by atoms with E-state index in [1.165, 1.54) is 9.91 Å². The molecule has 7 nitrogen and oxygen atoms in total. The quantitative estimate of drug-likeness (QED) is 0.720. The highest BCUT2D eigenvalue weighted by molar-refractivity contribution is 5.95. The highest BCUT2D eigenvalue weighted by atomic mass is 19.4. The Bertz CT molecular complexity index is 1020. The van der Waals surface area contributed by atoms with Gasteiger partial charge in [-0.05, 0) is 19.1 Å². The van der Waals surface area contributed by atoms with Gasteiger partial charge < -0.3 is 10.3 Å². The van der Waals surface area contributed by atoms with Crippen LogP contribution in [0.1, 0.15) is 29.3 Å². The third-order valence-electron chi connectivity index (χ3n) is 4.96. The molecule has 2 aromatic rings. The zero-order chi connectivity index (χ0) is 21.6. The van der Waals surface area contributed by atoms with Crippen LogP contribution in [0.3, 0.4) is 0 Å². The smallest absolute Gasteiger partial charge is 0.330 e. The van der Waals surface area contributed by atoms with Gasteiger partial charge in [-0.25, -0.2) is 23.8 Å². The number of halogens is 5. The lowest BCUT2D eigenvalue weighted by molar-refractivity contribution is -0.140. The highest BCUT2D eigenvalue weighted by Crippen LogP contribution is 2.34. The number of benzene rings is 1. The Morgan fingerprint density at radius 2 is 1.90 bits per heavy atom. The zero-order valence-electron chi connectivity index (χ0n) is 15.5. The summed E-state index contributed by atoms with van der Waals surface area (Å²) in [5, 5.41) is 1.48. The lowest BCUT2D eigenvalue weighted by Crippen LogP contribution is -2.46. The fraction of sp³-hybridized carbons (Fsp3) is 0.278. The average Bonchev–Trinajstić information content (AvgIpc) is 3.13. The number of carbonyl (C=O) groups excluding carboxylic acids is 1. The van der Waals surface area contributed by atoms with Crippen molar-refractivity contribution in [3.63, 3.8) is 0 Å². The molecule has 0 spiro atoms. The van der Waals surface area contributed by atoms with Crippen LogP contribution in [0.4, 0.5) is 27.9 Å². The molecule has 2 aliphatic heterocycles. The molecule has 1 amide bonds. The number of amides is 1. The minimum absolute atomic E-state index is 0.121. The second-order valence-corrected chi connectivity index (χ2v) is 6.72. The number of aromatic nitrogens is 2. The summed E-state index contributed by atoms with van der Waals surface area (Å²) in [5.41, 5.74) is 4.78. The van der Waals surface area contributed by atoms with E-state index in [4.69, 9.17) is 0 Å². The molecule has 4 rings (SSSR count). The topological polar surface area (TPSA) is 73.4 Å². The molecule has 1 unspecified atom stereocenters. The molecule has 0 aliphatic carbocycles. The first-order valence-corrected chi connectivity index (χ1v) is 8.87. The molecule has 0 radical (unpaired) electrons. The molecule has 3 heterocycles. The van der Waals surface area contributed by atoms with E-state index in [1.807, 2.05) is 0 Å². The molecule has 1 aromatic carbocycles. The summed E-state index contributed by atoms with van der Waals surface area (Å²) in [6, 6.07) is 2.02. The predicted molar refractivity (Wildman–Crippen MR) is 94.3 cm³/mol. The first-order chi connectivity index (χ1) is 14.2. The van der Waals surface area contributed by atoms with E-state index in [1.54, 1.807) is 6.92 Å². The summed E-state index contributed by atoms with van der Waals surface area (Å²) < 4.78 is 66.4. The normalized spacial score (nSPS) is 19.1. The number of hydrogen-bond donors (Lipinski definition) is 2. The zero-order valence-corrected chi connectivity index (χ0v) is 15.5. The van der Waals surface area contributed by atoms with Crippen molar-refractivity contribution in [1.29, 1.82) is 0 Å². The van der Waals surface area contributed by atoms with Gasteiger partial charge in [-0.2, -0.15) is 13.2 Å². The first-order valence-electron chi connectivity index (χ1n) is 8.87. The number of hydrazine groups is 2. The van der Waals surface area contributed by atoms with E-state index in [-0.39, 0.29) is 18.9 Å². The Morgan fingerprint density at radius 3 is 2.57 bits per heavy atom. The monoisotopic (exact) mass is 426 g/mol. The molecular formula is C18H15F5N6O. The lowest BCUT2D eigenvalue weighted by atomic mass is 10.0. The van der Waals surface area contributed by atoms with Gasteiger partial charge in [-0.15, -0.1) is 5.53 Å². The fourth-order valence-corrected chi connectivity index (χ4v) is 3.48. The van der Waals surface area contributed by atoms with Gasteiger partial charge in [0.05, 0.1) is 41.0 Å². The third kappa shape index (κ3) is 3.32. The molecule has 158 valence electrons. The maximum Gasteiger partial charge on any atom is 0.419 e. The number of alkyl halides is 3. The van der Waals surface area contributed by atoms with Crippen molar-refractivity contribution in [1.82, 2.24) is 25.8 Å². The molecule has 0 bridgehead atoms. The molecule has 0 saturated carbocycles. The van der Waals surface area contributed by atoms with E-state index < -0.39 is 40.9 Å². The van der Waals surface area contributed by atoms with Crippen molar-refractivity contribution in [3.05, 3.63) is 64.7 Å². The number of nitrogens with one attached hydrogen (secondary N) is 2. The van der Waals surface area contributed by atoms with Gasteiger partial charge in [0, 0.05) is 13.0 Å². The van der Waals surface area contributed by atoms with Gasteiger partial charge in [0.15, 0.2) is 5.82 Å². The van der Waals surface area contributed by atoms with Crippen LogP contribution in [0.25, 0.3) is 0 Å². The summed E-state index contributed by atoms with van der Waals surface area (Å²) in [5.74, 6) is -2.88. The summed E-state index contributed by atoms with van der Waals surface area (Å²) in [6.07, 6.45) is -2.62. The van der Waals surface area contributed by atoms with Crippen molar-refractivity contribution in [2.45, 2.75) is 25.6 Å². The third-order valence-corrected chi connectivity index (χ3v) is 4.96. The van der Waals surface area contributed by atoms with Crippen molar-refractivity contribution < 1.29 is 26.7 Å². The molecule has 2 aliphatic rings. The van der Waals surface area contributed by atoms with Crippen LogP contribution >= 0.6 is 0 Å². The SMILES string of the molecule is CC1C2=C(CCN1C(=O)c1cccc(C(F)(F)F)c1F)N(c1ncc(F)cn1)NN2.